The number of benzene rings is 3. The second-order valence-corrected chi connectivity index (χ2v) is 10.6. The number of ether oxygens (including phenoxy) is 2. The standard InChI is InChI=1S/C33H44O2/c1-7-9-21-28-30(23-34-6)29(22-25-17-12-10-13-18-25)31(24-35-26-19-14-11-15-20-26)27(16-8-2)32(28)33(3,4)5/h10-15,17-20H,7-9,16,21-24H2,1-6H3. The Morgan fingerprint density at radius 2 is 1.26 bits per heavy atom. The predicted molar refractivity (Wildman–Crippen MR) is 148 cm³/mol. The number of rotatable bonds is 12. The van der Waals surface area contributed by atoms with E-state index in [9.17, 15) is 0 Å². The molecule has 3 rings (SSSR count). The van der Waals surface area contributed by atoms with Gasteiger partial charge in [-0.25, -0.2) is 0 Å². The molecule has 0 fully saturated rings. The second-order valence-electron chi connectivity index (χ2n) is 10.6. The molecule has 0 unspecified atom stereocenters. The van der Waals surface area contributed by atoms with Gasteiger partial charge in [-0.3, -0.25) is 0 Å². The van der Waals surface area contributed by atoms with Crippen LogP contribution in [-0.4, -0.2) is 7.11 Å². The Morgan fingerprint density at radius 3 is 1.83 bits per heavy atom. The molecule has 0 heterocycles. The van der Waals surface area contributed by atoms with E-state index >= 15 is 0 Å². The monoisotopic (exact) mass is 472 g/mol. The van der Waals surface area contributed by atoms with Gasteiger partial charge >= 0.3 is 0 Å². The Balaban J connectivity index is 2.30. The Morgan fingerprint density at radius 1 is 0.657 bits per heavy atom. The molecule has 0 bridgehead atoms. The van der Waals surface area contributed by atoms with E-state index < -0.39 is 0 Å². The van der Waals surface area contributed by atoms with Crippen LogP contribution in [0.25, 0.3) is 0 Å². The first-order valence-corrected chi connectivity index (χ1v) is 13.3. The van der Waals surface area contributed by atoms with Gasteiger partial charge in [0.1, 0.15) is 12.4 Å². The van der Waals surface area contributed by atoms with Crippen molar-refractivity contribution >= 4 is 0 Å². The molecule has 0 aromatic heterocycles. The number of para-hydroxylation sites is 1. The summed E-state index contributed by atoms with van der Waals surface area (Å²) in [4.78, 5) is 0. The van der Waals surface area contributed by atoms with Crippen LogP contribution >= 0.6 is 0 Å². The third-order valence-electron chi connectivity index (χ3n) is 6.73. The zero-order valence-electron chi connectivity index (χ0n) is 22.7. The van der Waals surface area contributed by atoms with Crippen molar-refractivity contribution in [2.45, 2.75) is 91.8 Å². The lowest BCUT2D eigenvalue weighted by Crippen LogP contribution is -2.24. The fourth-order valence-corrected chi connectivity index (χ4v) is 5.27. The minimum absolute atomic E-state index is 0.0445. The summed E-state index contributed by atoms with van der Waals surface area (Å²) in [5.74, 6) is 0.918. The first-order chi connectivity index (χ1) is 16.9. The highest BCUT2D eigenvalue weighted by atomic mass is 16.5. The molecule has 0 N–H and O–H groups in total. The van der Waals surface area contributed by atoms with Crippen molar-refractivity contribution in [3.8, 4) is 5.75 Å². The van der Waals surface area contributed by atoms with E-state index in [1.807, 2.05) is 37.4 Å². The first kappa shape index (κ1) is 27.0. The molecule has 2 heteroatoms. The molecule has 0 aliphatic heterocycles. The average Bonchev–Trinajstić information content (AvgIpc) is 2.84. The summed E-state index contributed by atoms with van der Waals surface area (Å²) >= 11 is 0. The summed E-state index contributed by atoms with van der Waals surface area (Å²) < 4.78 is 12.3. The first-order valence-electron chi connectivity index (χ1n) is 13.3. The molecule has 2 nitrogen and oxygen atoms in total. The summed E-state index contributed by atoms with van der Waals surface area (Å²) in [6.07, 6.45) is 6.55. The van der Waals surface area contributed by atoms with Gasteiger partial charge in [0.2, 0.25) is 0 Å². The third kappa shape index (κ3) is 6.98. The van der Waals surface area contributed by atoms with Crippen LogP contribution in [0.15, 0.2) is 60.7 Å². The van der Waals surface area contributed by atoms with Gasteiger partial charge in [0.05, 0.1) is 6.61 Å². The quantitative estimate of drug-likeness (QED) is 0.263. The summed E-state index contributed by atoms with van der Waals surface area (Å²) in [7, 11) is 1.83. The highest BCUT2D eigenvalue weighted by Crippen LogP contribution is 2.40. The maximum atomic E-state index is 6.44. The fourth-order valence-electron chi connectivity index (χ4n) is 5.27. The SMILES string of the molecule is CCCCc1c(COC)c(Cc2ccccc2)c(COc2ccccc2)c(CCC)c1C(C)(C)C. The molecule has 3 aromatic carbocycles. The number of hydrogen-bond acceptors (Lipinski definition) is 2. The van der Waals surface area contributed by atoms with Crippen LogP contribution in [0.2, 0.25) is 0 Å². The summed E-state index contributed by atoms with van der Waals surface area (Å²) in [5, 5.41) is 0. The van der Waals surface area contributed by atoms with Gasteiger partial charge in [0.15, 0.2) is 0 Å². The van der Waals surface area contributed by atoms with Crippen LogP contribution in [0, 0.1) is 0 Å². The fraction of sp³-hybridized carbons (Fsp3) is 0.455. The normalized spacial score (nSPS) is 11.6. The van der Waals surface area contributed by atoms with Gasteiger partial charge in [-0.15, -0.1) is 0 Å². The second kappa shape index (κ2) is 12.9. The lowest BCUT2D eigenvalue weighted by atomic mass is 9.73. The highest BCUT2D eigenvalue weighted by Gasteiger charge is 2.29. The van der Waals surface area contributed by atoms with Crippen LogP contribution in [-0.2, 0) is 42.6 Å². The Kier molecular flexibility index (Phi) is 9.98. The van der Waals surface area contributed by atoms with Crippen LogP contribution in [0.5, 0.6) is 5.75 Å². The molecular weight excluding hydrogens is 428 g/mol. The van der Waals surface area contributed by atoms with Crippen LogP contribution in [0.4, 0.5) is 0 Å². The highest BCUT2D eigenvalue weighted by molar-refractivity contribution is 5.56. The van der Waals surface area contributed by atoms with Crippen LogP contribution < -0.4 is 4.74 Å². The Bertz CT molecular complexity index is 1050. The van der Waals surface area contributed by atoms with Gasteiger partial charge in [-0.1, -0.05) is 96.0 Å². The molecule has 0 aliphatic rings. The average molecular weight is 473 g/mol. The summed E-state index contributed by atoms with van der Waals surface area (Å²) in [6.45, 7) is 12.9. The molecule has 35 heavy (non-hydrogen) atoms. The van der Waals surface area contributed by atoms with Crippen molar-refractivity contribution in [3.63, 3.8) is 0 Å². The van der Waals surface area contributed by atoms with E-state index in [-0.39, 0.29) is 5.41 Å². The van der Waals surface area contributed by atoms with Crippen molar-refractivity contribution in [1.29, 1.82) is 0 Å². The van der Waals surface area contributed by atoms with E-state index in [1.54, 1.807) is 0 Å². The molecule has 0 amide bonds. The summed E-state index contributed by atoms with van der Waals surface area (Å²) in [6, 6.07) is 21.1. The maximum absolute atomic E-state index is 6.44. The molecule has 0 saturated heterocycles. The summed E-state index contributed by atoms with van der Waals surface area (Å²) in [5.41, 5.74) is 10.0. The lowest BCUT2D eigenvalue weighted by molar-refractivity contribution is 0.183. The number of unbranched alkanes of at least 4 members (excludes halogenated alkanes) is 1. The molecule has 3 aromatic rings. The molecule has 0 spiro atoms. The topological polar surface area (TPSA) is 18.5 Å². The van der Waals surface area contributed by atoms with Gasteiger partial charge in [0, 0.05) is 7.11 Å². The van der Waals surface area contributed by atoms with Crippen molar-refractivity contribution < 1.29 is 9.47 Å². The van der Waals surface area contributed by atoms with Gasteiger partial charge in [-0.2, -0.15) is 0 Å². The number of methoxy groups -OCH3 is 1. The molecule has 188 valence electrons. The van der Waals surface area contributed by atoms with Gasteiger partial charge < -0.3 is 9.47 Å². The smallest absolute Gasteiger partial charge is 0.119 e. The third-order valence-corrected chi connectivity index (χ3v) is 6.73. The maximum Gasteiger partial charge on any atom is 0.119 e. The Labute approximate surface area is 213 Å². The predicted octanol–water partition coefficient (Wildman–Crippen LogP) is 8.60. The van der Waals surface area contributed by atoms with Gasteiger partial charge in [-0.05, 0) is 82.2 Å². The zero-order valence-corrected chi connectivity index (χ0v) is 22.7. The minimum atomic E-state index is 0.0445. The van der Waals surface area contributed by atoms with Crippen LogP contribution in [0.3, 0.4) is 0 Å². The van der Waals surface area contributed by atoms with Crippen LogP contribution in [0.1, 0.15) is 92.8 Å². The molecule has 0 saturated carbocycles. The lowest BCUT2D eigenvalue weighted by Gasteiger charge is -2.33. The zero-order chi connectivity index (χ0) is 25.3. The van der Waals surface area contributed by atoms with Crippen molar-refractivity contribution in [2.24, 2.45) is 0 Å². The van der Waals surface area contributed by atoms with Crippen molar-refractivity contribution in [3.05, 3.63) is 99.6 Å². The largest absolute Gasteiger partial charge is 0.489 e. The van der Waals surface area contributed by atoms with E-state index in [4.69, 9.17) is 9.47 Å². The van der Waals surface area contributed by atoms with Crippen molar-refractivity contribution in [1.82, 2.24) is 0 Å². The van der Waals surface area contributed by atoms with E-state index in [2.05, 4.69) is 65.0 Å². The molecular formula is C33H44O2. The number of hydrogen-bond donors (Lipinski definition) is 0. The molecule has 0 aliphatic carbocycles. The Hall–Kier alpha value is -2.58. The van der Waals surface area contributed by atoms with E-state index in [0.717, 1.165) is 31.4 Å². The molecule has 0 radical (unpaired) electrons. The van der Waals surface area contributed by atoms with E-state index in [1.165, 1.54) is 51.8 Å². The van der Waals surface area contributed by atoms with Crippen molar-refractivity contribution in [2.75, 3.05) is 7.11 Å². The van der Waals surface area contributed by atoms with E-state index in [0.29, 0.717) is 13.2 Å². The minimum Gasteiger partial charge on any atom is -0.489 e. The molecule has 0 atom stereocenters. The van der Waals surface area contributed by atoms with Gasteiger partial charge in [0.25, 0.3) is 0 Å².